The molecule has 1 unspecified atom stereocenters. The minimum absolute atomic E-state index is 0.302. The summed E-state index contributed by atoms with van der Waals surface area (Å²) in [5.41, 5.74) is 4.49. The van der Waals surface area contributed by atoms with E-state index in [1.165, 1.54) is 0 Å². The highest BCUT2D eigenvalue weighted by Crippen LogP contribution is 2.22. The quantitative estimate of drug-likeness (QED) is 0.647. The van der Waals surface area contributed by atoms with Crippen LogP contribution in [0.1, 0.15) is 18.1 Å². The molecule has 1 N–H and O–H groups in total. The third kappa shape index (κ3) is 5.42. The third-order valence-electron chi connectivity index (χ3n) is 3.25. The van der Waals surface area contributed by atoms with Gasteiger partial charge in [0.2, 0.25) is 0 Å². The number of hydrogen-bond donors (Lipinski definition) is 1. The number of nitrogens with zero attached hydrogens (tertiary/aromatic N) is 1. The Morgan fingerprint density at radius 2 is 2.04 bits per heavy atom. The van der Waals surface area contributed by atoms with Crippen molar-refractivity contribution in [3.05, 3.63) is 64.7 Å². The molecule has 0 heterocycles. The number of amides is 1. The molecule has 0 bridgehead atoms. The first-order chi connectivity index (χ1) is 11.1. The number of benzene rings is 2. The normalized spacial score (nSPS) is 12.1. The summed E-state index contributed by atoms with van der Waals surface area (Å²) in [6, 6.07) is 15.2. The van der Waals surface area contributed by atoms with Gasteiger partial charge in [-0.1, -0.05) is 41.9 Å². The molecule has 0 aromatic heterocycles. The van der Waals surface area contributed by atoms with Crippen molar-refractivity contribution >= 4 is 23.7 Å². The van der Waals surface area contributed by atoms with Crippen molar-refractivity contribution in [3.8, 4) is 5.75 Å². The predicted molar refractivity (Wildman–Crippen MR) is 93.1 cm³/mol. The Balaban J connectivity index is 1.83. The number of ether oxygens (including phenoxy) is 1. The van der Waals surface area contributed by atoms with Crippen LogP contribution in [0.2, 0.25) is 5.02 Å². The molecule has 2 aromatic carbocycles. The van der Waals surface area contributed by atoms with E-state index < -0.39 is 6.10 Å². The Bertz CT molecular complexity index is 687. The Labute approximate surface area is 141 Å². The summed E-state index contributed by atoms with van der Waals surface area (Å²) in [6.07, 6.45) is 1.67. The summed E-state index contributed by atoms with van der Waals surface area (Å²) in [5.74, 6) is 0.328. The Morgan fingerprint density at radius 1 is 1.30 bits per heavy atom. The lowest BCUT2D eigenvalue weighted by molar-refractivity contribution is -0.127. The number of hydrogen-bond acceptors (Lipinski definition) is 3. The largest absolute Gasteiger partial charge is 0.481 e. The number of carbonyl (C=O) groups excluding carboxylic acids is 1. The summed E-state index contributed by atoms with van der Waals surface area (Å²) < 4.78 is 5.63. The van der Waals surface area contributed by atoms with Crippen molar-refractivity contribution in [3.63, 3.8) is 0 Å². The van der Waals surface area contributed by atoms with E-state index in [4.69, 9.17) is 16.3 Å². The van der Waals surface area contributed by atoms with E-state index in [2.05, 4.69) is 10.5 Å². The number of rotatable bonds is 6. The molecule has 2 aromatic rings. The van der Waals surface area contributed by atoms with Gasteiger partial charge in [-0.05, 0) is 43.2 Å². The zero-order valence-corrected chi connectivity index (χ0v) is 13.9. The number of aryl methyl sites for hydroxylation is 1. The average Bonchev–Trinajstić information content (AvgIpc) is 2.55. The van der Waals surface area contributed by atoms with Gasteiger partial charge in [0.1, 0.15) is 5.75 Å². The van der Waals surface area contributed by atoms with Crippen LogP contribution < -0.4 is 10.2 Å². The topological polar surface area (TPSA) is 50.7 Å². The van der Waals surface area contributed by atoms with Gasteiger partial charge in [-0.2, -0.15) is 5.10 Å². The monoisotopic (exact) mass is 330 g/mol. The molecule has 0 saturated carbocycles. The minimum Gasteiger partial charge on any atom is -0.481 e. The summed E-state index contributed by atoms with van der Waals surface area (Å²) in [5, 5.41) is 4.58. The molecule has 0 fully saturated rings. The van der Waals surface area contributed by atoms with Crippen molar-refractivity contribution in [2.45, 2.75) is 26.4 Å². The molecular weight excluding hydrogens is 312 g/mol. The maximum absolute atomic E-state index is 12.0. The molecule has 0 aliphatic carbocycles. The van der Waals surface area contributed by atoms with Gasteiger partial charge in [0.05, 0.1) is 0 Å². The van der Waals surface area contributed by atoms with Crippen molar-refractivity contribution in [2.75, 3.05) is 0 Å². The van der Waals surface area contributed by atoms with Crippen LogP contribution in [0.5, 0.6) is 5.75 Å². The van der Waals surface area contributed by atoms with Gasteiger partial charge in [-0.25, -0.2) is 5.43 Å². The van der Waals surface area contributed by atoms with Crippen molar-refractivity contribution in [1.82, 2.24) is 5.43 Å². The van der Waals surface area contributed by atoms with Crippen LogP contribution in [0.25, 0.3) is 0 Å². The van der Waals surface area contributed by atoms with Crippen LogP contribution in [0.4, 0.5) is 0 Å². The first kappa shape index (κ1) is 17.0. The Morgan fingerprint density at radius 3 is 2.74 bits per heavy atom. The average molecular weight is 331 g/mol. The third-order valence-corrected chi connectivity index (χ3v) is 3.48. The van der Waals surface area contributed by atoms with Crippen LogP contribution in [0.3, 0.4) is 0 Å². The second-order valence-corrected chi connectivity index (χ2v) is 5.58. The van der Waals surface area contributed by atoms with Gasteiger partial charge in [-0.15, -0.1) is 0 Å². The fourth-order valence-corrected chi connectivity index (χ4v) is 2.18. The van der Waals surface area contributed by atoms with Crippen LogP contribution in [-0.2, 0) is 11.2 Å². The van der Waals surface area contributed by atoms with E-state index in [9.17, 15) is 4.79 Å². The fourth-order valence-electron chi connectivity index (χ4n) is 1.95. The van der Waals surface area contributed by atoms with Gasteiger partial charge in [0, 0.05) is 17.7 Å². The molecule has 0 saturated heterocycles. The minimum atomic E-state index is -0.649. The number of nitrogens with one attached hydrogen (secondary N) is 1. The van der Waals surface area contributed by atoms with Crippen LogP contribution in [0.15, 0.2) is 53.6 Å². The number of halogens is 1. The standard InChI is InChI=1S/C18H19ClN2O2/c1-13-12-16(19)8-9-17(13)23-14(2)18(22)21-20-11-10-15-6-4-3-5-7-15/h3-9,11-12,14H,10H2,1-2H3,(H,21,22)/b20-11+. The Hall–Kier alpha value is -2.33. The maximum Gasteiger partial charge on any atom is 0.280 e. The highest BCUT2D eigenvalue weighted by Gasteiger charge is 2.15. The molecular formula is C18H19ClN2O2. The first-order valence-electron chi connectivity index (χ1n) is 7.34. The molecule has 0 aliphatic rings. The van der Waals surface area contributed by atoms with Gasteiger partial charge in [0.15, 0.2) is 6.10 Å². The Kier molecular flexibility index (Phi) is 6.18. The smallest absolute Gasteiger partial charge is 0.280 e. The van der Waals surface area contributed by atoms with Crippen molar-refractivity contribution in [2.24, 2.45) is 5.10 Å². The van der Waals surface area contributed by atoms with Gasteiger partial charge >= 0.3 is 0 Å². The summed E-state index contributed by atoms with van der Waals surface area (Å²) in [6.45, 7) is 3.56. The van der Waals surface area contributed by atoms with Crippen molar-refractivity contribution in [1.29, 1.82) is 0 Å². The van der Waals surface area contributed by atoms with E-state index in [1.807, 2.05) is 37.3 Å². The molecule has 1 atom stereocenters. The lowest BCUT2D eigenvalue weighted by atomic mass is 10.2. The molecule has 0 radical (unpaired) electrons. The van der Waals surface area contributed by atoms with Crippen LogP contribution >= 0.6 is 11.6 Å². The lowest BCUT2D eigenvalue weighted by Gasteiger charge is -2.14. The van der Waals surface area contributed by atoms with E-state index in [-0.39, 0.29) is 5.91 Å². The number of hydrazone groups is 1. The summed E-state index contributed by atoms with van der Waals surface area (Å²) in [7, 11) is 0. The van der Waals surface area contributed by atoms with Crippen LogP contribution in [0, 0.1) is 6.92 Å². The summed E-state index contributed by atoms with van der Waals surface area (Å²) in [4.78, 5) is 12.0. The lowest BCUT2D eigenvalue weighted by Crippen LogP contribution is -2.33. The molecule has 0 spiro atoms. The van der Waals surface area contributed by atoms with E-state index in [0.717, 1.165) is 11.1 Å². The molecule has 5 heteroatoms. The molecule has 4 nitrogen and oxygen atoms in total. The first-order valence-corrected chi connectivity index (χ1v) is 7.72. The highest BCUT2D eigenvalue weighted by atomic mass is 35.5. The van der Waals surface area contributed by atoms with Crippen molar-refractivity contribution < 1.29 is 9.53 Å². The molecule has 23 heavy (non-hydrogen) atoms. The molecule has 120 valence electrons. The molecule has 1 amide bonds. The van der Waals surface area contributed by atoms with Gasteiger partial charge < -0.3 is 4.74 Å². The summed E-state index contributed by atoms with van der Waals surface area (Å²) >= 11 is 5.90. The maximum atomic E-state index is 12.0. The predicted octanol–water partition coefficient (Wildman–Crippen LogP) is 3.76. The molecule has 2 rings (SSSR count). The second-order valence-electron chi connectivity index (χ2n) is 5.15. The zero-order valence-electron chi connectivity index (χ0n) is 13.1. The van der Waals surface area contributed by atoms with E-state index in [0.29, 0.717) is 17.2 Å². The zero-order chi connectivity index (χ0) is 16.7. The van der Waals surface area contributed by atoms with Gasteiger partial charge in [-0.3, -0.25) is 4.79 Å². The van der Waals surface area contributed by atoms with Gasteiger partial charge in [0.25, 0.3) is 5.91 Å². The SMILES string of the molecule is Cc1cc(Cl)ccc1OC(C)C(=O)N/N=C/Cc1ccccc1. The number of carbonyl (C=O) groups is 1. The van der Waals surface area contributed by atoms with E-state index in [1.54, 1.807) is 31.3 Å². The highest BCUT2D eigenvalue weighted by molar-refractivity contribution is 6.30. The van der Waals surface area contributed by atoms with Crippen LogP contribution in [-0.4, -0.2) is 18.2 Å². The molecule has 0 aliphatic heterocycles. The second kappa shape index (κ2) is 8.34. The van der Waals surface area contributed by atoms with E-state index >= 15 is 0 Å². The fraction of sp³-hybridized carbons (Fsp3) is 0.222.